The standard InChI is InChI=1S/C25H40O3/c1-17-9-12-23(26)19(3)10-11-22-21(14-16-25(22,5)15-13-17)18(2)7-6-8-20(4)24(27)28/h8,10,13,18,21-23,26H,6-7,9,11-12,14-16H2,1-5H3,(H,27,28). The van der Waals surface area contributed by atoms with E-state index in [1.165, 1.54) is 18.4 Å². The Morgan fingerprint density at radius 1 is 1.32 bits per heavy atom. The summed E-state index contributed by atoms with van der Waals surface area (Å²) >= 11 is 0. The molecule has 3 nitrogen and oxygen atoms in total. The number of hydrogen-bond donors (Lipinski definition) is 2. The number of aliphatic hydroxyl groups excluding tert-OH is 1. The van der Waals surface area contributed by atoms with Gasteiger partial charge < -0.3 is 10.2 Å². The predicted molar refractivity (Wildman–Crippen MR) is 116 cm³/mol. The van der Waals surface area contributed by atoms with Crippen molar-refractivity contribution in [3.63, 3.8) is 0 Å². The third kappa shape index (κ3) is 5.83. The van der Waals surface area contributed by atoms with Crippen molar-refractivity contribution in [3.05, 3.63) is 34.9 Å². The van der Waals surface area contributed by atoms with Gasteiger partial charge in [0.1, 0.15) is 0 Å². The van der Waals surface area contributed by atoms with E-state index in [-0.39, 0.29) is 6.10 Å². The minimum Gasteiger partial charge on any atom is -0.478 e. The summed E-state index contributed by atoms with van der Waals surface area (Å²) in [4.78, 5) is 11.0. The summed E-state index contributed by atoms with van der Waals surface area (Å²) in [6, 6.07) is 0. The van der Waals surface area contributed by atoms with Gasteiger partial charge in [0.15, 0.2) is 0 Å². The van der Waals surface area contributed by atoms with Crippen LogP contribution in [0.1, 0.15) is 86.0 Å². The van der Waals surface area contributed by atoms with E-state index in [9.17, 15) is 9.90 Å². The van der Waals surface area contributed by atoms with Gasteiger partial charge in [-0.05, 0) is 101 Å². The fraction of sp³-hybridized carbons (Fsp3) is 0.720. The van der Waals surface area contributed by atoms with Crippen LogP contribution in [0, 0.1) is 23.2 Å². The molecule has 0 saturated heterocycles. The van der Waals surface area contributed by atoms with Gasteiger partial charge in [0, 0.05) is 5.57 Å². The Morgan fingerprint density at radius 3 is 2.71 bits per heavy atom. The molecule has 0 aromatic rings. The van der Waals surface area contributed by atoms with Crippen LogP contribution in [0.5, 0.6) is 0 Å². The van der Waals surface area contributed by atoms with Gasteiger partial charge in [-0.15, -0.1) is 0 Å². The van der Waals surface area contributed by atoms with Gasteiger partial charge in [-0.25, -0.2) is 4.79 Å². The van der Waals surface area contributed by atoms with Crippen molar-refractivity contribution < 1.29 is 15.0 Å². The fourth-order valence-electron chi connectivity index (χ4n) is 5.21. The van der Waals surface area contributed by atoms with Crippen molar-refractivity contribution >= 4 is 5.97 Å². The maximum absolute atomic E-state index is 11.0. The third-order valence-corrected chi connectivity index (χ3v) is 7.55. The lowest BCUT2D eigenvalue weighted by atomic mass is 9.69. The average Bonchev–Trinajstić information content (AvgIpc) is 2.97. The first kappa shape index (κ1) is 22.9. The maximum Gasteiger partial charge on any atom is 0.330 e. The van der Waals surface area contributed by atoms with Gasteiger partial charge in [0.2, 0.25) is 0 Å². The molecular weight excluding hydrogens is 348 g/mol. The number of aliphatic carboxylic acids is 1. The molecule has 1 saturated carbocycles. The van der Waals surface area contributed by atoms with Crippen molar-refractivity contribution in [2.24, 2.45) is 23.2 Å². The first-order valence-corrected chi connectivity index (χ1v) is 11.0. The van der Waals surface area contributed by atoms with Crippen molar-refractivity contribution in [3.8, 4) is 0 Å². The summed E-state index contributed by atoms with van der Waals surface area (Å²) in [5.74, 6) is 1.06. The first-order chi connectivity index (χ1) is 13.1. The number of hydrogen-bond acceptors (Lipinski definition) is 2. The van der Waals surface area contributed by atoms with Crippen molar-refractivity contribution in [2.45, 2.75) is 92.1 Å². The monoisotopic (exact) mass is 388 g/mol. The Hall–Kier alpha value is -1.35. The molecule has 0 heterocycles. The largest absolute Gasteiger partial charge is 0.478 e. The lowest BCUT2D eigenvalue weighted by molar-refractivity contribution is -0.132. The SMILES string of the molecule is CC1=CCC2(C)CCC(C(C)CCC=C(C)C(=O)O)C2CC=C(C)C(O)CC1. The fourth-order valence-corrected chi connectivity index (χ4v) is 5.21. The minimum absolute atomic E-state index is 0.319. The van der Waals surface area contributed by atoms with Crippen LogP contribution in [0.15, 0.2) is 34.9 Å². The Balaban J connectivity index is 2.16. The lowest BCUT2D eigenvalue weighted by Gasteiger charge is -2.35. The van der Waals surface area contributed by atoms with E-state index < -0.39 is 5.97 Å². The summed E-state index contributed by atoms with van der Waals surface area (Å²) in [5.41, 5.74) is 3.29. The second kappa shape index (κ2) is 9.91. The van der Waals surface area contributed by atoms with Crippen LogP contribution in [-0.2, 0) is 4.79 Å². The molecule has 0 spiro atoms. The number of rotatable bonds is 5. The zero-order valence-corrected chi connectivity index (χ0v) is 18.5. The quantitative estimate of drug-likeness (QED) is 0.429. The molecule has 0 radical (unpaired) electrons. The average molecular weight is 389 g/mol. The van der Waals surface area contributed by atoms with Gasteiger partial charge in [-0.1, -0.05) is 37.6 Å². The van der Waals surface area contributed by atoms with Crippen LogP contribution in [0.4, 0.5) is 0 Å². The molecule has 3 heteroatoms. The van der Waals surface area contributed by atoms with Crippen LogP contribution >= 0.6 is 0 Å². The minimum atomic E-state index is -0.814. The molecule has 2 aliphatic rings. The van der Waals surface area contributed by atoms with E-state index in [4.69, 9.17) is 5.11 Å². The van der Waals surface area contributed by atoms with Gasteiger partial charge >= 0.3 is 5.97 Å². The third-order valence-electron chi connectivity index (χ3n) is 7.55. The summed E-state index contributed by atoms with van der Waals surface area (Å²) in [6.45, 7) is 10.8. The molecule has 1 fully saturated rings. The molecule has 0 amide bonds. The van der Waals surface area contributed by atoms with Gasteiger partial charge in [-0.3, -0.25) is 0 Å². The molecule has 0 bridgehead atoms. The molecule has 2 aliphatic carbocycles. The van der Waals surface area contributed by atoms with Crippen molar-refractivity contribution in [1.82, 2.24) is 0 Å². The van der Waals surface area contributed by atoms with Gasteiger partial charge in [-0.2, -0.15) is 0 Å². The smallest absolute Gasteiger partial charge is 0.330 e. The number of carbonyl (C=O) groups is 1. The highest BCUT2D eigenvalue weighted by Crippen LogP contribution is 2.54. The van der Waals surface area contributed by atoms with E-state index in [0.29, 0.717) is 28.7 Å². The summed E-state index contributed by atoms with van der Waals surface area (Å²) in [6.07, 6.45) is 14.6. The lowest BCUT2D eigenvalue weighted by Crippen LogP contribution is -2.28. The summed E-state index contributed by atoms with van der Waals surface area (Å²) in [5, 5.41) is 19.5. The zero-order chi connectivity index (χ0) is 20.9. The van der Waals surface area contributed by atoms with Crippen LogP contribution in [-0.4, -0.2) is 22.3 Å². The highest BCUT2D eigenvalue weighted by atomic mass is 16.4. The molecule has 0 aromatic heterocycles. The Labute approximate surface area is 171 Å². The molecule has 2 rings (SSSR count). The topological polar surface area (TPSA) is 57.5 Å². The Kier molecular flexibility index (Phi) is 8.12. The number of allylic oxidation sites excluding steroid dienone is 4. The highest BCUT2D eigenvalue weighted by molar-refractivity contribution is 5.85. The molecular formula is C25H40O3. The predicted octanol–water partition coefficient (Wildman–Crippen LogP) is 6.29. The highest BCUT2D eigenvalue weighted by Gasteiger charge is 2.45. The summed E-state index contributed by atoms with van der Waals surface area (Å²) < 4.78 is 0. The first-order valence-electron chi connectivity index (χ1n) is 11.0. The van der Waals surface area contributed by atoms with Crippen LogP contribution < -0.4 is 0 Å². The Morgan fingerprint density at radius 2 is 2.04 bits per heavy atom. The van der Waals surface area contributed by atoms with Gasteiger partial charge in [0.05, 0.1) is 6.10 Å². The van der Waals surface area contributed by atoms with Gasteiger partial charge in [0.25, 0.3) is 0 Å². The maximum atomic E-state index is 11.0. The number of aliphatic hydroxyl groups is 1. The molecule has 0 aromatic carbocycles. The van der Waals surface area contributed by atoms with Crippen LogP contribution in [0.25, 0.3) is 0 Å². The number of carboxylic acids is 1. The van der Waals surface area contributed by atoms with Crippen molar-refractivity contribution in [2.75, 3.05) is 0 Å². The molecule has 5 unspecified atom stereocenters. The normalized spacial score (nSPS) is 33.4. The number of fused-ring (bicyclic) bond motifs is 1. The van der Waals surface area contributed by atoms with Crippen LogP contribution in [0.2, 0.25) is 0 Å². The van der Waals surface area contributed by atoms with E-state index in [2.05, 4.69) is 39.8 Å². The van der Waals surface area contributed by atoms with Crippen molar-refractivity contribution in [1.29, 1.82) is 0 Å². The molecule has 0 aliphatic heterocycles. The van der Waals surface area contributed by atoms with E-state index in [1.807, 2.05) is 6.08 Å². The number of carboxylic acid groups (broad SMARTS) is 1. The molecule has 158 valence electrons. The second-order valence-electron chi connectivity index (χ2n) is 9.70. The summed E-state index contributed by atoms with van der Waals surface area (Å²) in [7, 11) is 0. The van der Waals surface area contributed by atoms with E-state index >= 15 is 0 Å². The molecule has 5 atom stereocenters. The zero-order valence-electron chi connectivity index (χ0n) is 18.5. The second-order valence-corrected chi connectivity index (χ2v) is 9.70. The molecule has 2 N–H and O–H groups in total. The van der Waals surface area contributed by atoms with E-state index in [1.54, 1.807) is 6.92 Å². The molecule has 28 heavy (non-hydrogen) atoms. The van der Waals surface area contributed by atoms with E-state index in [0.717, 1.165) is 44.1 Å². The Bertz CT molecular complexity index is 642. The van der Waals surface area contributed by atoms with Crippen LogP contribution in [0.3, 0.4) is 0 Å².